The van der Waals surface area contributed by atoms with Crippen LogP contribution in [0.3, 0.4) is 0 Å². The van der Waals surface area contributed by atoms with Crippen LogP contribution in [0, 0.1) is 0 Å². The van der Waals surface area contributed by atoms with Gasteiger partial charge in [0.2, 0.25) is 5.91 Å². The average Bonchev–Trinajstić information content (AvgIpc) is 2.84. The fourth-order valence-corrected chi connectivity index (χ4v) is 4.16. The molecule has 1 aliphatic heterocycles. The number of hydrogen-bond acceptors (Lipinski definition) is 7. The minimum atomic E-state index is 0.00287. The second-order valence-electron chi connectivity index (χ2n) is 9.10. The van der Waals surface area contributed by atoms with Gasteiger partial charge in [-0.15, -0.1) is 0 Å². The van der Waals surface area contributed by atoms with Gasteiger partial charge in [0.15, 0.2) is 0 Å². The number of amides is 1. The molecule has 0 unspecified atom stereocenters. The zero-order valence-electron chi connectivity index (χ0n) is 20.4. The van der Waals surface area contributed by atoms with Crippen molar-refractivity contribution in [2.45, 2.75) is 13.3 Å². The molecule has 0 saturated carbocycles. The SMILES string of the molecule is CCc1cccc(Nc2ncnc3ccc(NC(=O)CN4CCN(CCN(C)C)CC4)cc23)c1. The summed E-state index contributed by atoms with van der Waals surface area (Å²) in [5.74, 6) is 0.728. The van der Waals surface area contributed by atoms with E-state index in [4.69, 9.17) is 0 Å². The summed E-state index contributed by atoms with van der Waals surface area (Å²) in [6.07, 6.45) is 2.53. The summed E-state index contributed by atoms with van der Waals surface area (Å²) < 4.78 is 0. The van der Waals surface area contributed by atoms with E-state index in [1.165, 1.54) is 5.56 Å². The van der Waals surface area contributed by atoms with Crippen molar-refractivity contribution in [1.29, 1.82) is 0 Å². The largest absolute Gasteiger partial charge is 0.340 e. The van der Waals surface area contributed by atoms with Crippen LogP contribution in [0.15, 0.2) is 48.8 Å². The summed E-state index contributed by atoms with van der Waals surface area (Å²) in [4.78, 5) is 28.5. The summed E-state index contributed by atoms with van der Waals surface area (Å²) in [6.45, 7) is 8.51. The second kappa shape index (κ2) is 11.4. The van der Waals surface area contributed by atoms with E-state index in [0.717, 1.165) is 73.8 Å². The molecule has 0 radical (unpaired) electrons. The minimum absolute atomic E-state index is 0.00287. The lowest BCUT2D eigenvalue weighted by molar-refractivity contribution is -0.117. The molecule has 2 aromatic carbocycles. The third-order valence-corrected chi connectivity index (χ3v) is 6.21. The molecular formula is C26H35N7O. The number of anilines is 3. The molecule has 2 N–H and O–H groups in total. The van der Waals surface area contributed by atoms with E-state index in [-0.39, 0.29) is 5.91 Å². The van der Waals surface area contributed by atoms with Gasteiger partial charge in [-0.25, -0.2) is 9.97 Å². The molecule has 0 spiro atoms. The van der Waals surface area contributed by atoms with Crippen molar-refractivity contribution < 1.29 is 4.79 Å². The number of carbonyl (C=O) groups excluding carboxylic acids is 1. The highest BCUT2D eigenvalue weighted by atomic mass is 16.2. The van der Waals surface area contributed by atoms with Gasteiger partial charge >= 0.3 is 0 Å². The molecule has 0 atom stereocenters. The van der Waals surface area contributed by atoms with Crippen molar-refractivity contribution >= 4 is 34.0 Å². The van der Waals surface area contributed by atoms with E-state index in [0.29, 0.717) is 6.54 Å². The smallest absolute Gasteiger partial charge is 0.238 e. The molecule has 1 amide bonds. The number of fused-ring (bicyclic) bond motifs is 1. The van der Waals surface area contributed by atoms with Gasteiger partial charge in [-0.2, -0.15) is 0 Å². The number of piperazine rings is 1. The summed E-state index contributed by atoms with van der Waals surface area (Å²) in [7, 11) is 4.20. The first-order valence-electron chi connectivity index (χ1n) is 12.0. The third-order valence-electron chi connectivity index (χ3n) is 6.21. The summed E-state index contributed by atoms with van der Waals surface area (Å²) >= 11 is 0. The van der Waals surface area contributed by atoms with Crippen LogP contribution in [0.1, 0.15) is 12.5 Å². The second-order valence-corrected chi connectivity index (χ2v) is 9.10. The molecule has 1 aliphatic rings. The van der Waals surface area contributed by atoms with Gasteiger partial charge in [0.05, 0.1) is 12.1 Å². The van der Waals surface area contributed by atoms with Gasteiger partial charge in [0, 0.05) is 56.0 Å². The Morgan fingerprint density at radius 3 is 2.56 bits per heavy atom. The van der Waals surface area contributed by atoms with Crippen molar-refractivity contribution in [1.82, 2.24) is 24.7 Å². The van der Waals surface area contributed by atoms with Crippen LogP contribution < -0.4 is 10.6 Å². The number of likely N-dealkylation sites (N-methyl/N-ethyl adjacent to an activating group) is 1. The van der Waals surface area contributed by atoms with Crippen molar-refractivity contribution in [2.24, 2.45) is 0 Å². The van der Waals surface area contributed by atoms with Gasteiger partial charge in [-0.05, 0) is 56.4 Å². The van der Waals surface area contributed by atoms with Gasteiger partial charge in [-0.3, -0.25) is 14.6 Å². The number of nitrogens with zero attached hydrogens (tertiary/aromatic N) is 5. The molecule has 34 heavy (non-hydrogen) atoms. The third kappa shape index (κ3) is 6.50. The van der Waals surface area contributed by atoms with Crippen LogP contribution in [-0.2, 0) is 11.2 Å². The quantitative estimate of drug-likeness (QED) is 0.507. The van der Waals surface area contributed by atoms with Gasteiger partial charge in [-0.1, -0.05) is 19.1 Å². The Kier molecular flexibility index (Phi) is 8.05. The van der Waals surface area contributed by atoms with Crippen LogP contribution in [0.4, 0.5) is 17.2 Å². The number of benzene rings is 2. The predicted octanol–water partition coefficient (Wildman–Crippen LogP) is 3.05. The van der Waals surface area contributed by atoms with E-state index in [1.807, 2.05) is 30.3 Å². The molecule has 2 heterocycles. The van der Waals surface area contributed by atoms with Crippen molar-refractivity contribution in [3.05, 3.63) is 54.4 Å². The molecule has 1 aromatic heterocycles. The van der Waals surface area contributed by atoms with E-state index in [1.54, 1.807) is 6.33 Å². The number of aromatic nitrogens is 2. The normalized spacial score (nSPS) is 15.1. The Bertz CT molecular complexity index is 1110. The Morgan fingerprint density at radius 2 is 1.79 bits per heavy atom. The molecule has 4 rings (SSSR count). The van der Waals surface area contributed by atoms with Crippen molar-refractivity contribution in [2.75, 3.05) is 70.5 Å². The molecule has 8 heteroatoms. The first-order chi connectivity index (χ1) is 16.5. The summed E-state index contributed by atoms with van der Waals surface area (Å²) in [6, 6.07) is 14.1. The zero-order valence-corrected chi connectivity index (χ0v) is 20.4. The Balaban J connectivity index is 1.38. The van der Waals surface area contributed by atoms with Crippen LogP contribution in [0.2, 0.25) is 0 Å². The number of hydrogen-bond donors (Lipinski definition) is 2. The number of rotatable bonds is 9. The molecule has 0 bridgehead atoms. The standard InChI is InChI=1S/C26H35N7O/c1-4-20-6-5-7-21(16-20)30-26-23-17-22(8-9-24(23)27-19-28-26)29-25(34)18-33-14-12-32(13-15-33)11-10-31(2)3/h5-9,16-17,19H,4,10-15,18H2,1-3H3,(H,29,34)(H,27,28,30). The molecule has 0 aliphatic carbocycles. The lowest BCUT2D eigenvalue weighted by Crippen LogP contribution is -2.49. The predicted molar refractivity (Wildman–Crippen MR) is 139 cm³/mol. The molecular weight excluding hydrogens is 426 g/mol. The van der Waals surface area contributed by atoms with Gasteiger partial charge < -0.3 is 15.5 Å². The van der Waals surface area contributed by atoms with Gasteiger partial charge in [0.25, 0.3) is 0 Å². The van der Waals surface area contributed by atoms with E-state index in [9.17, 15) is 4.79 Å². The molecule has 8 nitrogen and oxygen atoms in total. The highest BCUT2D eigenvalue weighted by molar-refractivity contribution is 5.97. The molecule has 1 saturated heterocycles. The highest BCUT2D eigenvalue weighted by Gasteiger charge is 2.19. The summed E-state index contributed by atoms with van der Waals surface area (Å²) in [5, 5.41) is 7.34. The first kappa shape index (κ1) is 24.1. The van der Waals surface area contributed by atoms with E-state index < -0.39 is 0 Å². The minimum Gasteiger partial charge on any atom is -0.340 e. The fraction of sp³-hybridized carbons (Fsp3) is 0.423. The molecule has 3 aromatic rings. The zero-order chi connectivity index (χ0) is 23.9. The monoisotopic (exact) mass is 461 g/mol. The Morgan fingerprint density at radius 1 is 1.00 bits per heavy atom. The van der Waals surface area contributed by atoms with Crippen molar-refractivity contribution in [3.63, 3.8) is 0 Å². The maximum atomic E-state index is 12.7. The lowest BCUT2D eigenvalue weighted by atomic mass is 10.1. The van der Waals surface area contributed by atoms with Crippen LogP contribution in [-0.4, -0.2) is 90.5 Å². The highest BCUT2D eigenvalue weighted by Crippen LogP contribution is 2.26. The van der Waals surface area contributed by atoms with Gasteiger partial charge in [0.1, 0.15) is 12.1 Å². The van der Waals surface area contributed by atoms with E-state index >= 15 is 0 Å². The van der Waals surface area contributed by atoms with Crippen molar-refractivity contribution in [3.8, 4) is 0 Å². The fourth-order valence-electron chi connectivity index (χ4n) is 4.16. The number of nitrogens with one attached hydrogen (secondary N) is 2. The van der Waals surface area contributed by atoms with Crippen LogP contribution in [0.25, 0.3) is 10.9 Å². The van der Waals surface area contributed by atoms with Crippen LogP contribution >= 0.6 is 0 Å². The molecule has 1 fully saturated rings. The van der Waals surface area contributed by atoms with Crippen LogP contribution in [0.5, 0.6) is 0 Å². The maximum Gasteiger partial charge on any atom is 0.238 e. The molecule has 180 valence electrons. The number of carbonyl (C=O) groups is 1. The Hall–Kier alpha value is -3.07. The lowest BCUT2D eigenvalue weighted by Gasteiger charge is -2.34. The first-order valence-corrected chi connectivity index (χ1v) is 12.0. The van der Waals surface area contributed by atoms with E-state index in [2.05, 4.69) is 68.5 Å². The summed E-state index contributed by atoms with van der Waals surface area (Å²) in [5.41, 5.74) is 3.83. The average molecular weight is 462 g/mol. The maximum absolute atomic E-state index is 12.7. The topological polar surface area (TPSA) is 76.6 Å². The number of aryl methyl sites for hydroxylation is 1. The Labute approximate surface area is 202 Å².